The molecule has 1 unspecified atom stereocenters. The van der Waals surface area contributed by atoms with E-state index in [1.165, 1.54) is 24.3 Å². The van der Waals surface area contributed by atoms with Crippen molar-refractivity contribution in [2.75, 3.05) is 5.32 Å². The van der Waals surface area contributed by atoms with Crippen LogP contribution in [0.5, 0.6) is 0 Å². The van der Waals surface area contributed by atoms with E-state index in [4.69, 9.17) is 11.1 Å². The third kappa shape index (κ3) is 4.04. The second-order valence-electron chi connectivity index (χ2n) is 4.28. The number of urea groups is 1. The normalized spacial score (nSPS) is 12.0. The molecule has 2 amide bonds. The Labute approximate surface area is 105 Å². The lowest BCUT2D eigenvalue weighted by atomic mass is 10.0. The largest absolute Gasteiger partial charge is 0.386 e. The molecule has 0 saturated carbocycles. The summed E-state index contributed by atoms with van der Waals surface area (Å²) in [5.41, 5.74) is 5.86. The van der Waals surface area contributed by atoms with Gasteiger partial charge in [0.15, 0.2) is 0 Å². The first-order valence-corrected chi connectivity index (χ1v) is 5.57. The van der Waals surface area contributed by atoms with Gasteiger partial charge in [0.2, 0.25) is 0 Å². The van der Waals surface area contributed by atoms with Crippen LogP contribution in [-0.4, -0.2) is 17.9 Å². The van der Waals surface area contributed by atoms with Gasteiger partial charge < -0.3 is 16.4 Å². The Bertz CT molecular complexity index is 430. The molecule has 18 heavy (non-hydrogen) atoms. The number of halogens is 1. The minimum absolute atomic E-state index is 0.0152. The third-order valence-electron chi connectivity index (χ3n) is 2.39. The van der Waals surface area contributed by atoms with Crippen LogP contribution >= 0.6 is 0 Å². The van der Waals surface area contributed by atoms with E-state index in [9.17, 15) is 9.18 Å². The number of amidine groups is 1. The fourth-order valence-corrected chi connectivity index (χ4v) is 1.45. The molecule has 1 atom stereocenters. The number of hydrogen-bond acceptors (Lipinski definition) is 2. The number of carbonyl (C=O) groups excluding carboxylic acids is 1. The van der Waals surface area contributed by atoms with Gasteiger partial charge in [-0.05, 0) is 30.2 Å². The molecule has 1 rings (SSSR count). The number of nitrogens with two attached hydrogens (primary N) is 1. The van der Waals surface area contributed by atoms with Crippen LogP contribution in [0.2, 0.25) is 0 Å². The summed E-state index contributed by atoms with van der Waals surface area (Å²) in [6.45, 7) is 3.70. The quantitative estimate of drug-likeness (QED) is 0.487. The standard InChI is InChI=1S/C12H17FN4O/c1-7(2)10(11(14)15)17-12(18)16-9-5-3-8(13)4-6-9/h3-7,10H,1-2H3,(H3,14,15)(H2,16,17,18). The summed E-state index contributed by atoms with van der Waals surface area (Å²) in [4.78, 5) is 11.6. The number of anilines is 1. The van der Waals surface area contributed by atoms with Crippen LogP contribution in [0.4, 0.5) is 14.9 Å². The van der Waals surface area contributed by atoms with E-state index in [1.54, 1.807) is 0 Å². The van der Waals surface area contributed by atoms with Crippen LogP contribution in [0.15, 0.2) is 24.3 Å². The van der Waals surface area contributed by atoms with Crippen molar-refractivity contribution in [2.24, 2.45) is 11.7 Å². The highest BCUT2D eigenvalue weighted by molar-refractivity contribution is 5.94. The molecule has 0 aliphatic rings. The lowest BCUT2D eigenvalue weighted by molar-refractivity contribution is 0.248. The van der Waals surface area contributed by atoms with Crippen LogP contribution in [0.3, 0.4) is 0 Å². The Morgan fingerprint density at radius 2 is 1.89 bits per heavy atom. The van der Waals surface area contributed by atoms with E-state index >= 15 is 0 Å². The van der Waals surface area contributed by atoms with Gasteiger partial charge in [-0.3, -0.25) is 5.41 Å². The maximum atomic E-state index is 12.7. The zero-order valence-corrected chi connectivity index (χ0v) is 10.3. The number of benzene rings is 1. The van der Waals surface area contributed by atoms with E-state index in [0.717, 1.165) is 0 Å². The monoisotopic (exact) mass is 252 g/mol. The average molecular weight is 252 g/mol. The lowest BCUT2D eigenvalue weighted by Gasteiger charge is -2.21. The van der Waals surface area contributed by atoms with E-state index < -0.39 is 12.1 Å². The van der Waals surface area contributed by atoms with Crippen LogP contribution in [-0.2, 0) is 0 Å². The second kappa shape index (κ2) is 6.00. The highest BCUT2D eigenvalue weighted by atomic mass is 19.1. The summed E-state index contributed by atoms with van der Waals surface area (Å²) in [5, 5.41) is 12.5. The SMILES string of the molecule is CC(C)C(NC(=O)Nc1ccc(F)cc1)C(=N)N. The molecule has 0 saturated heterocycles. The average Bonchev–Trinajstić information content (AvgIpc) is 2.28. The van der Waals surface area contributed by atoms with Crippen LogP contribution in [0, 0.1) is 17.1 Å². The van der Waals surface area contributed by atoms with E-state index in [0.29, 0.717) is 5.69 Å². The predicted molar refractivity (Wildman–Crippen MR) is 69.1 cm³/mol. The number of hydrogen-bond donors (Lipinski definition) is 4. The van der Waals surface area contributed by atoms with E-state index in [-0.39, 0.29) is 17.6 Å². The Morgan fingerprint density at radius 3 is 2.33 bits per heavy atom. The van der Waals surface area contributed by atoms with Gasteiger partial charge in [0.1, 0.15) is 11.7 Å². The van der Waals surface area contributed by atoms with Gasteiger partial charge in [0.25, 0.3) is 0 Å². The van der Waals surface area contributed by atoms with Gasteiger partial charge in [-0.2, -0.15) is 0 Å². The topological polar surface area (TPSA) is 91.0 Å². The van der Waals surface area contributed by atoms with Crippen molar-refractivity contribution in [1.29, 1.82) is 5.41 Å². The van der Waals surface area contributed by atoms with Gasteiger partial charge in [-0.1, -0.05) is 13.8 Å². The Morgan fingerprint density at radius 1 is 1.33 bits per heavy atom. The van der Waals surface area contributed by atoms with E-state index in [1.807, 2.05) is 13.8 Å². The van der Waals surface area contributed by atoms with Crippen molar-refractivity contribution in [3.8, 4) is 0 Å². The highest BCUT2D eigenvalue weighted by Crippen LogP contribution is 2.08. The molecular formula is C12H17FN4O. The van der Waals surface area contributed by atoms with Gasteiger partial charge in [-0.25, -0.2) is 9.18 Å². The first kappa shape index (κ1) is 14.0. The molecule has 1 aromatic carbocycles. The molecular weight excluding hydrogens is 235 g/mol. The Hall–Kier alpha value is -2.11. The van der Waals surface area contributed by atoms with Crippen molar-refractivity contribution in [2.45, 2.75) is 19.9 Å². The molecule has 5 nitrogen and oxygen atoms in total. The molecule has 0 aliphatic heterocycles. The minimum Gasteiger partial charge on any atom is -0.386 e. The number of rotatable bonds is 4. The summed E-state index contributed by atoms with van der Waals surface area (Å²) in [6.07, 6.45) is 0. The van der Waals surface area contributed by atoms with Crippen molar-refractivity contribution < 1.29 is 9.18 Å². The summed E-state index contributed by atoms with van der Waals surface area (Å²) >= 11 is 0. The molecule has 0 heterocycles. The zero-order chi connectivity index (χ0) is 13.7. The predicted octanol–water partition coefficient (Wildman–Crippen LogP) is 1.91. The highest BCUT2D eigenvalue weighted by Gasteiger charge is 2.18. The van der Waals surface area contributed by atoms with Crippen molar-refractivity contribution >= 4 is 17.6 Å². The van der Waals surface area contributed by atoms with Gasteiger partial charge in [-0.15, -0.1) is 0 Å². The number of amides is 2. The minimum atomic E-state index is -0.523. The molecule has 0 aliphatic carbocycles. The molecule has 0 radical (unpaired) electrons. The van der Waals surface area contributed by atoms with Gasteiger partial charge in [0.05, 0.1) is 6.04 Å². The molecule has 0 fully saturated rings. The van der Waals surface area contributed by atoms with E-state index in [2.05, 4.69) is 10.6 Å². The molecule has 0 bridgehead atoms. The lowest BCUT2D eigenvalue weighted by Crippen LogP contribution is -2.48. The van der Waals surface area contributed by atoms with Crippen LogP contribution < -0.4 is 16.4 Å². The summed E-state index contributed by atoms with van der Waals surface area (Å²) < 4.78 is 12.7. The number of carbonyl (C=O) groups is 1. The van der Waals surface area contributed by atoms with Crippen LogP contribution in [0.1, 0.15) is 13.8 Å². The van der Waals surface area contributed by atoms with Gasteiger partial charge >= 0.3 is 6.03 Å². The summed E-state index contributed by atoms with van der Waals surface area (Å²) in [6, 6.07) is 4.40. The fraction of sp³-hybridized carbons (Fsp3) is 0.333. The fourth-order valence-electron chi connectivity index (χ4n) is 1.45. The molecule has 5 N–H and O–H groups in total. The molecule has 0 spiro atoms. The van der Waals surface area contributed by atoms with Crippen molar-refractivity contribution in [1.82, 2.24) is 5.32 Å². The smallest absolute Gasteiger partial charge is 0.319 e. The second-order valence-corrected chi connectivity index (χ2v) is 4.28. The molecule has 1 aromatic rings. The Kier molecular flexibility index (Phi) is 4.65. The number of nitrogens with one attached hydrogen (secondary N) is 3. The van der Waals surface area contributed by atoms with Crippen LogP contribution in [0.25, 0.3) is 0 Å². The first-order valence-electron chi connectivity index (χ1n) is 5.57. The Balaban J connectivity index is 2.60. The first-order chi connectivity index (χ1) is 8.40. The molecule has 6 heteroatoms. The summed E-state index contributed by atoms with van der Waals surface area (Å²) in [5.74, 6) is -0.453. The zero-order valence-electron chi connectivity index (χ0n) is 10.3. The molecule has 98 valence electrons. The maximum absolute atomic E-state index is 12.7. The van der Waals surface area contributed by atoms with Crippen molar-refractivity contribution in [3.63, 3.8) is 0 Å². The molecule has 0 aromatic heterocycles. The van der Waals surface area contributed by atoms with Crippen molar-refractivity contribution in [3.05, 3.63) is 30.1 Å². The van der Waals surface area contributed by atoms with Gasteiger partial charge in [0, 0.05) is 5.69 Å². The summed E-state index contributed by atoms with van der Waals surface area (Å²) in [7, 11) is 0. The maximum Gasteiger partial charge on any atom is 0.319 e. The third-order valence-corrected chi connectivity index (χ3v) is 2.39.